The quantitative estimate of drug-likeness (QED) is 0.771. The fourth-order valence-corrected chi connectivity index (χ4v) is 2.07. The first kappa shape index (κ1) is 20.1. The first-order valence-corrected chi connectivity index (χ1v) is 7.68. The van der Waals surface area contributed by atoms with Crippen molar-refractivity contribution in [2.45, 2.75) is 19.2 Å². The SMILES string of the molecule is COc1ccc(O)c(C(=O)OC(C)C(=O)Nc2ccc(C(F)(F)F)cc2)c1. The van der Waals surface area contributed by atoms with Gasteiger partial charge in [0.15, 0.2) is 6.10 Å². The lowest BCUT2D eigenvalue weighted by atomic mass is 10.2. The summed E-state index contributed by atoms with van der Waals surface area (Å²) in [4.78, 5) is 24.2. The number of carbonyl (C=O) groups is 2. The minimum Gasteiger partial charge on any atom is -0.507 e. The van der Waals surface area contributed by atoms with E-state index in [1.807, 2.05) is 0 Å². The van der Waals surface area contributed by atoms with Gasteiger partial charge in [-0.2, -0.15) is 13.2 Å². The van der Waals surface area contributed by atoms with Crippen molar-refractivity contribution >= 4 is 17.6 Å². The monoisotopic (exact) mass is 383 g/mol. The van der Waals surface area contributed by atoms with E-state index in [-0.39, 0.29) is 17.0 Å². The van der Waals surface area contributed by atoms with Crippen molar-refractivity contribution in [2.75, 3.05) is 12.4 Å². The van der Waals surface area contributed by atoms with Crippen LogP contribution in [-0.4, -0.2) is 30.2 Å². The third-order valence-electron chi connectivity index (χ3n) is 3.56. The van der Waals surface area contributed by atoms with Gasteiger partial charge >= 0.3 is 12.1 Å². The largest absolute Gasteiger partial charge is 0.507 e. The summed E-state index contributed by atoms with van der Waals surface area (Å²) in [6.45, 7) is 1.29. The van der Waals surface area contributed by atoms with Gasteiger partial charge in [0.25, 0.3) is 5.91 Å². The Bertz CT molecular complexity index is 834. The molecule has 0 spiro atoms. The van der Waals surface area contributed by atoms with E-state index in [1.54, 1.807) is 0 Å². The highest BCUT2D eigenvalue weighted by molar-refractivity contribution is 5.98. The molecule has 1 atom stereocenters. The Morgan fingerprint density at radius 3 is 2.30 bits per heavy atom. The smallest absolute Gasteiger partial charge is 0.416 e. The Labute approximate surface area is 152 Å². The van der Waals surface area contributed by atoms with Crippen LogP contribution in [-0.2, 0) is 15.7 Å². The molecule has 0 aromatic heterocycles. The lowest BCUT2D eigenvalue weighted by Crippen LogP contribution is -2.30. The second-order valence-corrected chi connectivity index (χ2v) is 5.49. The molecule has 27 heavy (non-hydrogen) atoms. The number of methoxy groups -OCH3 is 1. The fourth-order valence-electron chi connectivity index (χ4n) is 2.07. The molecule has 0 heterocycles. The number of hydrogen-bond acceptors (Lipinski definition) is 5. The molecule has 0 bridgehead atoms. The van der Waals surface area contributed by atoms with Crippen LogP contribution in [0.3, 0.4) is 0 Å². The first-order valence-electron chi connectivity index (χ1n) is 7.68. The lowest BCUT2D eigenvalue weighted by molar-refractivity contribution is -0.137. The zero-order valence-corrected chi connectivity index (χ0v) is 14.3. The van der Waals surface area contributed by atoms with Crippen molar-refractivity contribution in [1.82, 2.24) is 0 Å². The molecule has 9 heteroatoms. The Balaban J connectivity index is 2.02. The van der Waals surface area contributed by atoms with Crippen molar-refractivity contribution in [1.29, 1.82) is 0 Å². The maximum absolute atomic E-state index is 12.5. The van der Waals surface area contributed by atoms with Gasteiger partial charge in [-0.3, -0.25) is 4.79 Å². The molecule has 0 radical (unpaired) electrons. The third kappa shape index (κ3) is 5.13. The molecule has 0 aliphatic heterocycles. The van der Waals surface area contributed by atoms with Gasteiger partial charge in [-0.1, -0.05) is 0 Å². The average Bonchev–Trinajstić information content (AvgIpc) is 2.61. The number of benzene rings is 2. The van der Waals surface area contributed by atoms with E-state index in [2.05, 4.69) is 5.32 Å². The summed E-state index contributed by atoms with van der Waals surface area (Å²) < 4.78 is 47.5. The van der Waals surface area contributed by atoms with Gasteiger partial charge in [-0.25, -0.2) is 4.79 Å². The van der Waals surface area contributed by atoms with E-state index in [9.17, 15) is 27.9 Å². The number of rotatable bonds is 5. The maximum atomic E-state index is 12.5. The van der Waals surface area contributed by atoms with Gasteiger partial charge in [-0.15, -0.1) is 0 Å². The van der Waals surface area contributed by atoms with Crippen LogP contribution in [0.25, 0.3) is 0 Å². The molecule has 1 amide bonds. The topological polar surface area (TPSA) is 84.9 Å². The Morgan fingerprint density at radius 2 is 1.74 bits per heavy atom. The summed E-state index contributed by atoms with van der Waals surface area (Å²) in [7, 11) is 1.38. The number of phenols is 1. The van der Waals surface area contributed by atoms with Crippen molar-refractivity contribution in [2.24, 2.45) is 0 Å². The Morgan fingerprint density at radius 1 is 1.11 bits per heavy atom. The van der Waals surface area contributed by atoms with Crippen molar-refractivity contribution in [3.8, 4) is 11.5 Å². The normalized spacial score (nSPS) is 12.2. The fraction of sp³-hybridized carbons (Fsp3) is 0.222. The molecule has 2 N–H and O–H groups in total. The minimum atomic E-state index is -4.48. The van der Waals surface area contributed by atoms with Crippen molar-refractivity contribution in [3.05, 3.63) is 53.6 Å². The number of phenolic OH excluding ortho intramolecular Hbond substituents is 1. The van der Waals surface area contributed by atoms with Gasteiger partial charge in [0, 0.05) is 5.69 Å². The number of aromatic hydroxyl groups is 1. The number of ether oxygens (including phenoxy) is 2. The molecule has 1 unspecified atom stereocenters. The van der Waals surface area contributed by atoms with Crippen molar-refractivity contribution < 1.29 is 37.3 Å². The maximum Gasteiger partial charge on any atom is 0.416 e. The highest BCUT2D eigenvalue weighted by Crippen LogP contribution is 2.30. The zero-order chi connectivity index (χ0) is 20.2. The highest BCUT2D eigenvalue weighted by Gasteiger charge is 2.30. The van der Waals surface area contributed by atoms with Crippen LogP contribution >= 0.6 is 0 Å². The number of esters is 1. The molecule has 0 saturated heterocycles. The first-order chi connectivity index (χ1) is 12.6. The number of amides is 1. The summed E-state index contributed by atoms with van der Waals surface area (Å²) in [5.41, 5.74) is -0.933. The van der Waals surface area contributed by atoms with Gasteiger partial charge in [0.05, 0.1) is 12.7 Å². The lowest BCUT2D eigenvalue weighted by Gasteiger charge is -2.15. The second kappa shape index (κ2) is 7.98. The number of anilines is 1. The highest BCUT2D eigenvalue weighted by atomic mass is 19.4. The third-order valence-corrected chi connectivity index (χ3v) is 3.56. The van der Waals surface area contributed by atoms with Crippen LogP contribution in [0, 0.1) is 0 Å². The molecular weight excluding hydrogens is 367 g/mol. The summed E-state index contributed by atoms with van der Waals surface area (Å²) >= 11 is 0. The van der Waals surface area contributed by atoms with Gasteiger partial charge in [0.2, 0.25) is 0 Å². The second-order valence-electron chi connectivity index (χ2n) is 5.49. The minimum absolute atomic E-state index is 0.111. The molecular formula is C18H16F3NO5. The van der Waals surface area contributed by atoms with Crippen molar-refractivity contribution in [3.63, 3.8) is 0 Å². The number of halogens is 3. The van der Waals surface area contributed by atoms with Gasteiger partial charge in [-0.05, 0) is 49.4 Å². The Kier molecular flexibility index (Phi) is 5.94. The van der Waals surface area contributed by atoms with Crippen LogP contribution in [0.15, 0.2) is 42.5 Å². The number of nitrogens with one attached hydrogen (secondary N) is 1. The molecule has 0 saturated carbocycles. The van der Waals surface area contributed by atoms with E-state index < -0.39 is 29.7 Å². The summed E-state index contributed by atoms with van der Waals surface area (Å²) in [5, 5.41) is 12.1. The predicted molar refractivity (Wildman–Crippen MR) is 89.6 cm³/mol. The van der Waals surface area contributed by atoms with Gasteiger partial charge < -0.3 is 19.9 Å². The van der Waals surface area contributed by atoms with E-state index in [4.69, 9.17) is 9.47 Å². The zero-order valence-electron chi connectivity index (χ0n) is 14.3. The average molecular weight is 383 g/mol. The molecule has 0 aliphatic carbocycles. The predicted octanol–water partition coefficient (Wildman–Crippen LogP) is 3.60. The molecule has 0 aliphatic rings. The molecule has 2 aromatic rings. The van der Waals surface area contributed by atoms with Crippen LogP contribution in [0.5, 0.6) is 11.5 Å². The van der Waals surface area contributed by atoms with Crippen LogP contribution in [0.1, 0.15) is 22.8 Å². The summed E-state index contributed by atoms with van der Waals surface area (Å²) in [6.07, 6.45) is -5.74. The van der Waals surface area contributed by atoms with E-state index in [0.29, 0.717) is 5.75 Å². The van der Waals surface area contributed by atoms with E-state index in [1.165, 1.54) is 32.2 Å². The molecule has 0 fully saturated rings. The number of carbonyl (C=O) groups excluding carboxylic acids is 2. The summed E-state index contributed by atoms with van der Waals surface area (Å²) in [5.74, 6) is -1.75. The Hall–Kier alpha value is -3.23. The molecule has 6 nitrogen and oxygen atoms in total. The summed E-state index contributed by atoms with van der Waals surface area (Å²) in [6, 6.07) is 7.74. The standard InChI is InChI=1S/C18H16F3NO5/c1-10(27-17(25)14-9-13(26-2)7-8-15(14)23)16(24)22-12-5-3-11(4-6-12)18(19,20)21/h3-10,23H,1-2H3,(H,22,24). The van der Waals surface area contributed by atoms with Gasteiger partial charge in [0.1, 0.15) is 17.1 Å². The number of alkyl halides is 3. The molecule has 2 aromatic carbocycles. The van der Waals surface area contributed by atoms with E-state index in [0.717, 1.165) is 24.3 Å². The van der Waals surface area contributed by atoms with Crippen LogP contribution < -0.4 is 10.1 Å². The van der Waals surface area contributed by atoms with E-state index >= 15 is 0 Å². The van der Waals surface area contributed by atoms with Crippen LogP contribution in [0.4, 0.5) is 18.9 Å². The van der Waals surface area contributed by atoms with Crippen LogP contribution in [0.2, 0.25) is 0 Å². The number of hydrogen-bond donors (Lipinski definition) is 2. The molecule has 2 rings (SSSR count). The molecule has 144 valence electrons.